The molecule has 0 spiro atoms. The van der Waals surface area contributed by atoms with Crippen LogP contribution in [-0.4, -0.2) is 0 Å². The van der Waals surface area contributed by atoms with Crippen LogP contribution in [0.2, 0.25) is 0 Å². The summed E-state index contributed by atoms with van der Waals surface area (Å²) in [7, 11) is 0. The summed E-state index contributed by atoms with van der Waals surface area (Å²) in [6, 6.07) is 3.25. The van der Waals surface area contributed by atoms with Crippen LogP contribution < -0.4 is 4.57 Å². The van der Waals surface area contributed by atoms with Crippen molar-refractivity contribution in [3.63, 3.8) is 0 Å². The molecule has 0 amide bonds. The van der Waals surface area contributed by atoms with E-state index in [1.165, 1.54) is 6.07 Å². The molecular weight excluding hydrogens is 466 g/mol. The Morgan fingerprint density at radius 3 is 2.03 bits per heavy atom. The molecule has 0 saturated carbocycles. The summed E-state index contributed by atoms with van der Waals surface area (Å²) in [4.78, 5) is 0. The van der Waals surface area contributed by atoms with Crippen molar-refractivity contribution in [1.29, 1.82) is 0 Å². The Morgan fingerprint density at radius 2 is 1.50 bits per heavy atom. The van der Waals surface area contributed by atoms with Crippen LogP contribution in [0.4, 0.5) is 35.1 Å². The molecule has 0 N–H and O–H groups in total. The van der Waals surface area contributed by atoms with Crippen molar-refractivity contribution in [2.24, 2.45) is 0 Å². The fourth-order valence-corrected chi connectivity index (χ4v) is 5.10. The molecule has 0 radical (unpaired) electrons. The van der Waals surface area contributed by atoms with E-state index in [2.05, 4.69) is 0 Å². The van der Waals surface area contributed by atoms with Gasteiger partial charge in [0, 0.05) is 31.4 Å². The van der Waals surface area contributed by atoms with Gasteiger partial charge in [0.2, 0.25) is 5.69 Å². The molecule has 0 aliphatic carbocycles. The Labute approximate surface area is 193 Å². The molecule has 34 heavy (non-hydrogen) atoms. The summed E-state index contributed by atoms with van der Waals surface area (Å²) in [6.45, 7) is 5.66. The van der Waals surface area contributed by atoms with Crippen LogP contribution >= 0.6 is 0 Å². The number of unbranched alkanes of at least 4 members (excludes halogenated alkanes) is 2. The number of aromatic nitrogens is 1. The van der Waals surface area contributed by atoms with Gasteiger partial charge in [-0.05, 0) is 30.4 Å². The van der Waals surface area contributed by atoms with Gasteiger partial charge in [-0.15, -0.1) is 0 Å². The van der Waals surface area contributed by atoms with Crippen LogP contribution in [0.1, 0.15) is 81.5 Å². The number of halogens is 8. The molecule has 0 fully saturated rings. The van der Waals surface area contributed by atoms with Crippen molar-refractivity contribution in [3.05, 3.63) is 52.2 Å². The van der Waals surface area contributed by atoms with Crippen molar-refractivity contribution in [1.82, 2.24) is 0 Å². The number of hydrogen-bond donors (Lipinski definition) is 0. The van der Waals surface area contributed by atoms with E-state index in [1.54, 1.807) is 16.8 Å². The van der Waals surface area contributed by atoms with Gasteiger partial charge in [-0.3, -0.25) is 0 Å². The van der Waals surface area contributed by atoms with E-state index in [1.807, 2.05) is 20.8 Å². The maximum absolute atomic E-state index is 15.5. The summed E-state index contributed by atoms with van der Waals surface area (Å²) in [5.41, 5.74) is -6.22. The van der Waals surface area contributed by atoms with Gasteiger partial charge in [-0.25, -0.2) is 8.78 Å². The van der Waals surface area contributed by atoms with Gasteiger partial charge in [0.05, 0.1) is 11.1 Å². The molecule has 0 bridgehead atoms. The van der Waals surface area contributed by atoms with E-state index in [9.17, 15) is 30.7 Å². The molecule has 1 aliphatic heterocycles. The molecule has 0 atom stereocenters. The SMILES string of the molecule is CCCCCc1cc[n+]2c(c1)-c1c(F)c(C(F)(F)F)c(F)c(C(F)(F)F)c1CCC2(CC)CC. The smallest absolute Gasteiger partial charge is 0.206 e. The van der Waals surface area contributed by atoms with Crippen LogP contribution in [0.5, 0.6) is 0 Å². The molecule has 188 valence electrons. The van der Waals surface area contributed by atoms with Crippen molar-refractivity contribution < 1.29 is 39.7 Å². The molecule has 1 aromatic heterocycles. The van der Waals surface area contributed by atoms with Gasteiger partial charge in [-0.2, -0.15) is 30.9 Å². The third-order valence-corrected chi connectivity index (χ3v) is 7.06. The number of alkyl halides is 6. The first-order valence-corrected chi connectivity index (χ1v) is 11.6. The van der Waals surface area contributed by atoms with Gasteiger partial charge in [-0.1, -0.05) is 33.6 Å². The van der Waals surface area contributed by atoms with Crippen molar-refractivity contribution >= 4 is 0 Å². The number of nitrogens with zero attached hydrogens (tertiary/aromatic N) is 1. The molecule has 0 unspecified atom stereocenters. The van der Waals surface area contributed by atoms with Gasteiger partial charge < -0.3 is 0 Å². The van der Waals surface area contributed by atoms with Gasteiger partial charge in [0.15, 0.2) is 23.4 Å². The van der Waals surface area contributed by atoms with Crippen molar-refractivity contribution in [2.75, 3.05) is 0 Å². The normalized spacial score (nSPS) is 15.6. The fraction of sp³-hybridized carbons (Fsp3) is 0.560. The molecular formula is C25H28F8N+. The highest BCUT2D eigenvalue weighted by molar-refractivity contribution is 5.68. The average molecular weight is 494 g/mol. The zero-order valence-corrected chi connectivity index (χ0v) is 19.4. The number of aryl methyl sites for hydroxylation is 1. The largest absolute Gasteiger partial charge is 0.422 e. The number of hydrogen-bond acceptors (Lipinski definition) is 0. The predicted molar refractivity (Wildman–Crippen MR) is 112 cm³/mol. The van der Waals surface area contributed by atoms with E-state index in [0.717, 1.165) is 19.3 Å². The van der Waals surface area contributed by atoms with Crippen molar-refractivity contribution in [3.8, 4) is 11.3 Å². The standard InChI is InChI=1S/C25H28F8N/c1-4-7-8-9-15-11-13-34-17(14-15)18-16(10-12-23(34,5-2)6-3)19(24(28,29)30)22(27)20(21(18)26)25(31,32)33/h11,13-14H,4-10,12H2,1-3H3/q+1. The molecule has 9 heteroatoms. The van der Waals surface area contributed by atoms with Crippen molar-refractivity contribution in [2.45, 2.75) is 90.0 Å². The third kappa shape index (κ3) is 4.54. The van der Waals surface area contributed by atoms with Crippen LogP contribution in [0, 0.1) is 11.6 Å². The zero-order valence-electron chi connectivity index (χ0n) is 19.4. The van der Waals surface area contributed by atoms with Crippen LogP contribution in [0.3, 0.4) is 0 Å². The van der Waals surface area contributed by atoms with Crippen LogP contribution in [0.25, 0.3) is 11.3 Å². The lowest BCUT2D eigenvalue weighted by atomic mass is 9.85. The van der Waals surface area contributed by atoms with Crippen LogP contribution in [0.15, 0.2) is 18.3 Å². The van der Waals surface area contributed by atoms with Gasteiger partial charge in [0.1, 0.15) is 5.56 Å². The molecule has 1 aliphatic rings. The zero-order chi connectivity index (χ0) is 25.5. The van der Waals surface area contributed by atoms with E-state index < -0.39 is 58.2 Å². The molecule has 1 nitrogen and oxygen atoms in total. The fourth-order valence-electron chi connectivity index (χ4n) is 5.10. The minimum Gasteiger partial charge on any atom is -0.206 e. The number of benzene rings is 1. The number of fused-ring (bicyclic) bond motifs is 3. The second-order valence-corrected chi connectivity index (χ2v) is 8.91. The summed E-state index contributed by atoms with van der Waals surface area (Å²) in [5, 5.41) is 0. The quantitative estimate of drug-likeness (QED) is 0.217. The molecule has 3 rings (SSSR count). The second-order valence-electron chi connectivity index (χ2n) is 8.91. The summed E-state index contributed by atoms with van der Waals surface area (Å²) >= 11 is 0. The summed E-state index contributed by atoms with van der Waals surface area (Å²) in [6.07, 6.45) is -5.66. The molecule has 2 aromatic rings. The van der Waals surface area contributed by atoms with Gasteiger partial charge >= 0.3 is 12.4 Å². The lowest BCUT2D eigenvalue weighted by Gasteiger charge is -2.26. The average Bonchev–Trinajstić information content (AvgIpc) is 2.87. The maximum Gasteiger partial charge on any atom is 0.422 e. The van der Waals surface area contributed by atoms with E-state index in [0.29, 0.717) is 24.8 Å². The van der Waals surface area contributed by atoms with E-state index in [4.69, 9.17) is 0 Å². The lowest BCUT2D eigenvalue weighted by molar-refractivity contribution is -0.757. The monoisotopic (exact) mass is 494 g/mol. The van der Waals surface area contributed by atoms with Gasteiger partial charge in [0.25, 0.3) is 0 Å². The Kier molecular flexibility index (Phi) is 7.35. The first kappa shape index (κ1) is 26.4. The molecule has 1 aromatic carbocycles. The summed E-state index contributed by atoms with van der Waals surface area (Å²) < 4.78 is 115. The predicted octanol–water partition coefficient (Wildman–Crippen LogP) is 8.15. The molecule has 0 saturated heterocycles. The van der Waals surface area contributed by atoms with E-state index in [-0.39, 0.29) is 12.1 Å². The first-order chi connectivity index (χ1) is 15.8. The number of pyridine rings is 1. The maximum atomic E-state index is 15.5. The van der Waals surface area contributed by atoms with E-state index >= 15 is 4.39 Å². The Hall–Kier alpha value is -2.19. The minimum absolute atomic E-state index is 0.0706. The summed E-state index contributed by atoms with van der Waals surface area (Å²) in [5.74, 6) is -4.59. The topological polar surface area (TPSA) is 3.88 Å². The second kappa shape index (κ2) is 9.46. The third-order valence-electron chi connectivity index (χ3n) is 7.06. The number of rotatable bonds is 6. The Balaban J connectivity index is 2.46. The highest BCUT2D eigenvalue weighted by atomic mass is 19.4. The highest BCUT2D eigenvalue weighted by Gasteiger charge is 2.51. The Morgan fingerprint density at radius 1 is 0.882 bits per heavy atom. The first-order valence-electron chi connectivity index (χ1n) is 11.6. The molecule has 2 heterocycles. The lowest BCUT2D eigenvalue weighted by Crippen LogP contribution is -2.56. The van der Waals surface area contributed by atoms with Crippen LogP contribution in [-0.2, 0) is 30.7 Å². The highest BCUT2D eigenvalue weighted by Crippen LogP contribution is 2.48. The Bertz CT molecular complexity index is 1050. The minimum atomic E-state index is -5.63.